The van der Waals surface area contributed by atoms with Crippen molar-refractivity contribution in [2.75, 3.05) is 0 Å². The van der Waals surface area contributed by atoms with Gasteiger partial charge in [-0.25, -0.2) is 4.68 Å². The van der Waals surface area contributed by atoms with Crippen molar-refractivity contribution in [1.82, 2.24) is 9.78 Å². The zero-order chi connectivity index (χ0) is 13.2. The quantitative estimate of drug-likeness (QED) is 0.755. The van der Waals surface area contributed by atoms with E-state index in [9.17, 15) is 5.11 Å². The molecular formula is C16H14N2O. The number of rotatable bonds is 2. The van der Waals surface area contributed by atoms with Crippen LogP contribution in [0.2, 0.25) is 0 Å². The molecule has 0 aliphatic heterocycles. The van der Waals surface area contributed by atoms with Crippen LogP contribution in [0.5, 0.6) is 5.75 Å². The summed E-state index contributed by atoms with van der Waals surface area (Å²) in [5.41, 5.74) is 3.75. The Kier molecular flexibility index (Phi) is 2.80. The molecule has 0 radical (unpaired) electrons. The first-order valence-corrected chi connectivity index (χ1v) is 6.16. The number of nitrogens with zero attached hydrogens (tertiary/aromatic N) is 2. The first kappa shape index (κ1) is 11.5. The van der Waals surface area contributed by atoms with Gasteiger partial charge in [-0.3, -0.25) is 0 Å². The molecule has 0 bridgehead atoms. The Hall–Kier alpha value is -2.55. The standard InChI is InChI=1S/C16H14N2O/c1-12-7-5-6-10-14(12)16-15(19)11-17-18(16)13-8-3-2-4-9-13/h2-11,19H,1H3. The molecule has 0 saturated heterocycles. The van der Waals surface area contributed by atoms with E-state index < -0.39 is 0 Å². The van der Waals surface area contributed by atoms with Crippen molar-refractivity contribution >= 4 is 0 Å². The molecule has 3 aromatic rings. The van der Waals surface area contributed by atoms with Gasteiger partial charge >= 0.3 is 0 Å². The van der Waals surface area contributed by atoms with Crippen LogP contribution in [0.15, 0.2) is 60.8 Å². The summed E-state index contributed by atoms with van der Waals surface area (Å²) in [7, 11) is 0. The smallest absolute Gasteiger partial charge is 0.162 e. The Labute approximate surface area is 111 Å². The fourth-order valence-electron chi connectivity index (χ4n) is 2.20. The van der Waals surface area contributed by atoms with Gasteiger partial charge in [0.2, 0.25) is 0 Å². The third-order valence-corrected chi connectivity index (χ3v) is 3.15. The summed E-state index contributed by atoms with van der Waals surface area (Å²) in [6.45, 7) is 2.02. The van der Waals surface area contributed by atoms with Crippen molar-refractivity contribution in [3.63, 3.8) is 0 Å². The van der Waals surface area contributed by atoms with Crippen molar-refractivity contribution in [3.8, 4) is 22.7 Å². The zero-order valence-corrected chi connectivity index (χ0v) is 10.6. The molecule has 3 nitrogen and oxygen atoms in total. The molecule has 1 heterocycles. The molecular weight excluding hydrogens is 236 g/mol. The van der Waals surface area contributed by atoms with Crippen molar-refractivity contribution < 1.29 is 5.11 Å². The summed E-state index contributed by atoms with van der Waals surface area (Å²) in [5, 5.41) is 14.4. The highest BCUT2D eigenvalue weighted by Gasteiger charge is 2.14. The average molecular weight is 250 g/mol. The predicted octanol–water partition coefficient (Wildman–Crippen LogP) is 3.55. The number of aryl methyl sites for hydroxylation is 1. The third-order valence-electron chi connectivity index (χ3n) is 3.15. The highest BCUT2D eigenvalue weighted by atomic mass is 16.3. The number of aromatic hydroxyl groups is 1. The fourth-order valence-corrected chi connectivity index (χ4v) is 2.20. The number of hydrogen-bond acceptors (Lipinski definition) is 2. The number of aromatic nitrogens is 2. The van der Waals surface area contributed by atoms with Gasteiger partial charge in [0, 0.05) is 5.56 Å². The van der Waals surface area contributed by atoms with Crippen LogP contribution >= 0.6 is 0 Å². The van der Waals surface area contributed by atoms with E-state index in [1.54, 1.807) is 4.68 Å². The first-order chi connectivity index (χ1) is 9.27. The highest BCUT2D eigenvalue weighted by molar-refractivity contribution is 5.71. The molecule has 0 unspecified atom stereocenters. The maximum atomic E-state index is 10.1. The monoisotopic (exact) mass is 250 g/mol. The summed E-state index contributed by atoms with van der Waals surface area (Å²) in [6, 6.07) is 17.8. The van der Waals surface area contributed by atoms with E-state index in [4.69, 9.17) is 0 Å². The molecule has 0 fully saturated rings. The maximum Gasteiger partial charge on any atom is 0.162 e. The van der Waals surface area contributed by atoms with Crippen molar-refractivity contribution in [3.05, 3.63) is 66.4 Å². The molecule has 2 aromatic carbocycles. The summed E-state index contributed by atoms with van der Waals surface area (Å²) in [6.07, 6.45) is 1.48. The Balaban J connectivity index is 2.23. The van der Waals surface area contributed by atoms with E-state index in [1.165, 1.54) is 6.20 Å². The van der Waals surface area contributed by atoms with Crippen LogP contribution in [0.25, 0.3) is 16.9 Å². The van der Waals surface area contributed by atoms with E-state index in [2.05, 4.69) is 5.10 Å². The molecule has 1 aromatic heterocycles. The molecule has 0 spiro atoms. The lowest BCUT2D eigenvalue weighted by Gasteiger charge is -2.10. The van der Waals surface area contributed by atoms with E-state index in [1.807, 2.05) is 61.5 Å². The normalized spacial score (nSPS) is 10.6. The summed E-state index contributed by atoms with van der Waals surface area (Å²) < 4.78 is 1.76. The lowest BCUT2D eigenvalue weighted by molar-refractivity contribution is 0.477. The Morgan fingerprint density at radius 2 is 1.63 bits per heavy atom. The molecule has 0 aliphatic rings. The maximum absolute atomic E-state index is 10.1. The van der Waals surface area contributed by atoms with Gasteiger partial charge in [-0.05, 0) is 24.6 Å². The van der Waals surface area contributed by atoms with Gasteiger partial charge in [-0.15, -0.1) is 0 Å². The van der Waals surface area contributed by atoms with Crippen LogP contribution in [-0.4, -0.2) is 14.9 Å². The minimum Gasteiger partial charge on any atom is -0.504 e. The summed E-state index contributed by atoms with van der Waals surface area (Å²) in [4.78, 5) is 0. The molecule has 19 heavy (non-hydrogen) atoms. The molecule has 0 amide bonds. The largest absolute Gasteiger partial charge is 0.504 e. The first-order valence-electron chi connectivity index (χ1n) is 6.16. The molecule has 0 saturated carbocycles. The fraction of sp³-hybridized carbons (Fsp3) is 0.0625. The topological polar surface area (TPSA) is 38.1 Å². The molecule has 0 atom stereocenters. The lowest BCUT2D eigenvalue weighted by Crippen LogP contribution is -1.99. The van der Waals surface area contributed by atoms with Crippen LogP contribution in [0.4, 0.5) is 0 Å². The van der Waals surface area contributed by atoms with Crippen molar-refractivity contribution in [2.24, 2.45) is 0 Å². The molecule has 1 N–H and O–H groups in total. The second-order valence-corrected chi connectivity index (χ2v) is 4.44. The summed E-state index contributed by atoms with van der Waals surface area (Å²) >= 11 is 0. The Bertz CT molecular complexity index is 702. The average Bonchev–Trinajstić information content (AvgIpc) is 2.82. The number of hydrogen-bond donors (Lipinski definition) is 1. The Morgan fingerprint density at radius 3 is 2.37 bits per heavy atom. The minimum absolute atomic E-state index is 0.193. The SMILES string of the molecule is Cc1ccccc1-c1c(O)cnn1-c1ccccc1. The predicted molar refractivity (Wildman–Crippen MR) is 75.4 cm³/mol. The van der Waals surface area contributed by atoms with E-state index in [0.717, 1.165) is 22.5 Å². The molecule has 3 rings (SSSR count). The lowest BCUT2D eigenvalue weighted by atomic mass is 10.1. The van der Waals surface area contributed by atoms with Gasteiger partial charge < -0.3 is 5.11 Å². The molecule has 0 aliphatic carbocycles. The van der Waals surface area contributed by atoms with Gasteiger partial charge in [0.15, 0.2) is 5.75 Å². The van der Waals surface area contributed by atoms with Crippen molar-refractivity contribution in [1.29, 1.82) is 0 Å². The molecule has 3 heteroatoms. The van der Waals surface area contributed by atoms with Crippen LogP contribution in [0, 0.1) is 6.92 Å². The van der Waals surface area contributed by atoms with Crippen molar-refractivity contribution in [2.45, 2.75) is 6.92 Å². The second-order valence-electron chi connectivity index (χ2n) is 4.44. The van der Waals surface area contributed by atoms with Crippen LogP contribution < -0.4 is 0 Å². The second kappa shape index (κ2) is 4.61. The van der Waals surface area contributed by atoms with Gasteiger partial charge in [-0.2, -0.15) is 5.10 Å². The summed E-state index contributed by atoms with van der Waals surface area (Å²) in [5.74, 6) is 0.193. The van der Waals surface area contributed by atoms with E-state index in [0.29, 0.717) is 0 Å². The van der Waals surface area contributed by atoms with Crippen LogP contribution in [0.3, 0.4) is 0 Å². The van der Waals surface area contributed by atoms with Gasteiger partial charge in [0.1, 0.15) is 5.69 Å². The van der Waals surface area contributed by atoms with Gasteiger partial charge in [0.25, 0.3) is 0 Å². The number of benzene rings is 2. The zero-order valence-electron chi connectivity index (χ0n) is 10.6. The van der Waals surface area contributed by atoms with E-state index >= 15 is 0 Å². The van der Waals surface area contributed by atoms with E-state index in [-0.39, 0.29) is 5.75 Å². The minimum atomic E-state index is 0.193. The molecule has 94 valence electrons. The van der Waals surface area contributed by atoms with Gasteiger partial charge in [-0.1, -0.05) is 42.5 Å². The van der Waals surface area contributed by atoms with Crippen LogP contribution in [0.1, 0.15) is 5.56 Å². The van der Waals surface area contributed by atoms with Gasteiger partial charge in [0.05, 0.1) is 11.9 Å². The Morgan fingerprint density at radius 1 is 0.947 bits per heavy atom. The third kappa shape index (κ3) is 1.99. The number of para-hydroxylation sites is 1. The highest BCUT2D eigenvalue weighted by Crippen LogP contribution is 2.32. The van der Waals surface area contributed by atoms with Crippen LogP contribution in [-0.2, 0) is 0 Å².